The van der Waals surface area contributed by atoms with Gasteiger partial charge in [-0.15, -0.1) is 0 Å². The number of pyridine rings is 1. The summed E-state index contributed by atoms with van der Waals surface area (Å²) in [5.41, 5.74) is 0.613. The fourth-order valence-corrected chi connectivity index (χ4v) is 6.10. The van der Waals surface area contributed by atoms with E-state index < -0.39 is 57.2 Å². The van der Waals surface area contributed by atoms with E-state index in [1.165, 1.54) is 51.6 Å². The van der Waals surface area contributed by atoms with Gasteiger partial charge < -0.3 is 33.3 Å². The van der Waals surface area contributed by atoms with Crippen LogP contribution >= 0.6 is 19.1 Å². The lowest BCUT2D eigenvalue weighted by Crippen LogP contribution is -2.34. The summed E-state index contributed by atoms with van der Waals surface area (Å²) >= 11 is 6.40. The number of methoxy groups -OCH3 is 2. The highest BCUT2D eigenvalue weighted by atomic mass is 35.5. The summed E-state index contributed by atoms with van der Waals surface area (Å²) in [7, 11) is -1.16. The topological polar surface area (TPSA) is 210 Å². The number of nitrogens with zero attached hydrogens (tertiary/aromatic N) is 1. The Morgan fingerprint density at radius 2 is 1.70 bits per heavy atom. The molecule has 4 N–H and O–H groups in total. The first-order chi connectivity index (χ1) is 23.9. The molecule has 4 rings (SSSR count). The van der Waals surface area contributed by atoms with Gasteiger partial charge in [0.1, 0.15) is 42.0 Å². The standard InChI is InChI=1S/C32H32ClN4O12P/c1-19(30(39)40)37-50(43,18-44-2)47-14-13-46-31(41)36-29(38)23-16-22-26(17-28(23)45-3)34-12-11-27(22)48-21-9-10-25(24(33)15-21)35-32(42)49-20-7-5-4-6-8-20/h4-12,15-17,19H,13-14,18H2,1-3H3,(H,35,42)(H,37,43)(H,39,40)(H,36,38,41). The third-order valence-electron chi connectivity index (χ3n) is 6.52. The van der Waals surface area contributed by atoms with Gasteiger partial charge in [0.2, 0.25) is 0 Å². The summed E-state index contributed by atoms with van der Waals surface area (Å²) in [6, 6.07) is 16.3. The molecule has 264 valence electrons. The Morgan fingerprint density at radius 1 is 0.940 bits per heavy atom. The van der Waals surface area contributed by atoms with Crippen LogP contribution in [0.2, 0.25) is 5.02 Å². The van der Waals surface area contributed by atoms with E-state index >= 15 is 0 Å². The number of alkyl carbamates (subject to hydrolysis) is 1. The number of para-hydroxylation sites is 1. The van der Waals surface area contributed by atoms with Crippen LogP contribution in [0.25, 0.3) is 10.9 Å². The molecule has 0 bridgehead atoms. The van der Waals surface area contributed by atoms with E-state index in [1.54, 1.807) is 42.5 Å². The van der Waals surface area contributed by atoms with Gasteiger partial charge in [0.15, 0.2) is 0 Å². The van der Waals surface area contributed by atoms with E-state index in [0.29, 0.717) is 22.4 Å². The number of rotatable bonds is 15. The number of aromatic nitrogens is 1. The number of nitrogens with one attached hydrogen (secondary N) is 3. The molecule has 1 aromatic heterocycles. The maximum Gasteiger partial charge on any atom is 0.417 e. The highest BCUT2D eigenvalue weighted by molar-refractivity contribution is 7.56. The monoisotopic (exact) mass is 730 g/mol. The van der Waals surface area contributed by atoms with E-state index in [9.17, 15) is 23.7 Å². The average molecular weight is 731 g/mol. The predicted octanol–water partition coefficient (Wildman–Crippen LogP) is 6.04. The Bertz CT molecular complexity index is 1910. The maximum atomic E-state index is 13.1. The molecule has 18 heteroatoms. The molecule has 2 atom stereocenters. The molecule has 3 amide bonds. The van der Waals surface area contributed by atoms with E-state index in [0.717, 1.165) is 0 Å². The summed E-state index contributed by atoms with van der Waals surface area (Å²) in [6.45, 7) is 0.444. The number of ether oxygens (including phenoxy) is 5. The van der Waals surface area contributed by atoms with E-state index in [1.807, 2.05) is 0 Å². The van der Waals surface area contributed by atoms with Crippen molar-refractivity contribution in [2.75, 3.05) is 39.1 Å². The second-order valence-electron chi connectivity index (χ2n) is 10.2. The highest BCUT2D eigenvalue weighted by Gasteiger charge is 2.28. The van der Waals surface area contributed by atoms with Crippen LogP contribution in [0.3, 0.4) is 0 Å². The van der Waals surface area contributed by atoms with Gasteiger partial charge in [-0.2, -0.15) is 0 Å². The zero-order valence-corrected chi connectivity index (χ0v) is 28.5. The molecule has 0 aliphatic carbocycles. The van der Waals surface area contributed by atoms with Crippen molar-refractivity contribution < 1.29 is 57.1 Å². The summed E-state index contributed by atoms with van der Waals surface area (Å²) in [5.74, 6) is -1.12. The van der Waals surface area contributed by atoms with Crippen molar-refractivity contribution in [2.45, 2.75) is 13.0 Å². The molecule has 1 heterocycles. The number of carbonyl (C=O) groups excluding carboxylic acids is 3. The first-order valence-corrected chi connectivity index (χ1v) is 16.8. The molecular weight excluding hydrogens is 699 g/mol. The number of fused-ring (bicyclic) bond motifs is 1. The second kappa shape index (κ2) is 17.4. The smallest absolute Gasteiger partial charge is 0.417 e. The van der Waals surface area contributed by atoms with Crippen LogP contribution in [0.5, 0.6) is 23.0 Å². The van der Waals surface area contributed by atoms with Crippen LogP contribution in [0, 0.1) is 0 Å². The number of imide groups is 1. The third-order valence-corrected chi connectivity index (χ3v) is 8.81. The number of aliphatic carboxylic acids is 1. The van der Waals surface area contributed by atoms with Gasteiger partial charge in [0, 0.05) is 30.8 Å². The normalized spacial score (nSPS) is 12.6. The van der Waals surface area contributed by atoms with Crippen LogP contribution in [0.1, 0.15) is 17.3 Å². The maximum absolute atomic E-state index is 13.1. The van der Waals surface area contributed by atoms with Crippen LogP contribution in [-0.4, -0.2) is 74.0 Å². The lowest BCUT2D eigenvalue weighted by molar-refractivity contribution is -0.138. The third kappa shape index (κ3) is 10.4. The summed E-state index contributed by atoms with van der Waals surface area (Å²) in [4.78, 5) is 53.2. The van der Waals surface area contributed by atoms with Crippen LogP contribution in [0.15, 0.2) is 72.9 Å². The lowest BCUT2D eigenvalue weighted by Gasteiger charge is -2.21. The molecule has 0 aliphatic heterocycles. The van der Waals surface area contributed by atoms with Gasteiger partial charge in [-0.05, 0) is 43.3 Å². The molecule has 0 spiro atoms. The van der Waals surface area contributed by atoms with Gasteiger partial charge in [-0.3, -0.25) is 29.8 Å². The predicted molar refractivity (Wildman–Crippen MR) is 180 cm³/mol. The summed E-state index contributed by atoms with van der Waals surface area (Å²) in [6.07, 6.45) is -0.834. The second-order valence-corrected chi connectivity index (χ2v) is 12.7. The van der Waals surface area contributed by atoms with Crippen molar-refractivity contribution in [3.63, 3.8) is 0 Å². The number of anilines is 1. The molecule has 0 aliphatic rings. The van der Waals surface area contributed by atoms with E-state index in [2.05, 4.69) is 20.7 Å². The zero-order chi connectivity index (χ0) is 36.3. The van der Waals surface area contributed by atoms with E-state index in [4.69, 9.17) is 44.9 Å². The fraction of sp³-hybridized carbons (Fsp3) is 0.219. The largest absolute Gasteiger partial charge is 0.496 e. The minimum absolute atomic E-state index is 0.0583. The van der Waals surface area contributed by atoms with Gasteiger partial charge in [-0.1, -0.05) is 29.8 Å². The molecule has 0 radical (unpaired) electrons. The van der Waals surface area contributed by atoms with Crippen LogP contribution in [-0.2, 0) is 23.4 Å². The first kappa shape index (κ1) is 37.6. The number of halogens is 1. The van der Waals surface area contributed by atoms with Crippen molar-refractivity contribution in [3.05, 3.63) is 83.5 Å². The Hall–Kier alpha value is -5.25. The quantitative estimate of drug-likeness (QED) is 0.0812. The van der Waals surface area contributed by atoms with Gasteiger partial charge in [-0.25, -0.2) is 14.7 Å². The number of hydrogen-bond acceptors (Lipinski definition) is 12. The van der Waals surface area contributed by atoms with Gasteiger partial charge >= 0.3 is 18.2 Å². The Kier molecular flexibility index (Phi) is 13.1. The Labute approximate surface area is 290 Å². The lowest BCUT2D eigenvalue weighted by atomic mass is 10.1. The van der Waals surface area contributed by atoms with Crippen molar-refractivity contribution >= 4 is 59.8 Å². The zero-order valence-electron chi connectivity index (χ0n) is 26.8. The molecule has 50 heavy (non-hydrogen) atoms. The van der Waals surface area contributed by atoms with E-state index in [-0.39, 0.29) is 27.8 Å². The number of hydrogen-bond donors (Lipinski definition) is 4. The molecule has 0 saturated heterocycles. The molecule has 16 nitrogen and oxygen atoms in total. The van der Waals surface area contributed by atoms with Gasteiger partial charge in [0.25, 0.3) is 13.4 Å². The Morgan fingerprint density at radius 3 is 2.38 bits per heavy atom. The van der Waals surface area contributed by atoms with Crippen molar-refractivity contribution in [1.29, 1.82) is 0 Å². The average Bonchev–Trinajstić information content (AvgIpc) is 3.08. The minimum Gasteiger partial charge on any atom is -0.496 e. The highest BCUT2D eigenvalue weighted by Crippen LogP contribution is 2.42. The summed E-state index contributed by atoms with van der Waals surface area (Å²) < 4.78 is 44.5. The van der Waals surface area contributed by atoms with Crippen molar-refractivity contribution in [3.8, 4) is 23.0 Å². The molecule has 4 aromatic rings. The summed E-state index contributed by atoms with van der Waals surface area (Å²) in [5, 5.41) is 16.6. The SMILES string of the molecule is COCP(=O)(NC(C)C(=O)O)OCCOC(=O)NC(=O)c1cc2c(Oc3ccc(NC(=O)Oc4ccccc4)c(Cl)c3)ccnc2cc1OC. The number of amides is 3. The molecule has 0 fully saturated rings. The van der Waals surface area contributed by atoms with Crippen molar-refractivity contribution in [2.24, 2.45) is 0 Å². The van der Waals surface area contributed by atoms with Gasteiger partial charge in [0.05, 0.1) is 35.5 Å². The number of benzene rings is 3. The Balaban J connectivity index is 1.41. The molecule has 3 aromatic carbocycles. The van der Waals surface area contributed by atoms with Crippen molar-refractivity contribution in [1.82, 2.24) is 15.4 Å². The fourth-order valence-electron chi connectivity index (χ4n) is 4.25. The van der Waals surface area contributed by atoms with Crippen LogP contribution < -0.4 is 29.9 Å². The number of carboxylic acids is 1. The number of carboxylic acid groups (broad SMARTS) is 1. The molecule has 2 unspecified atom stereocenters. The number of carbonyl (C=O) groups is 4. The van der Waals surface area contributed by atoms with Crippen LogP contribution in [0.4, 0.5) is 15.3 Å². The minimum atomic E-state index is -3.75. The first-order valence-electron chi connectivity index (χ1n) is 14.6. The molecule has 0 saturated carbocycles. The molecular formula is C32H32ClN4O12P.